The van der Waals surface area contributed by atoms with E-state index in [0.717, 1.165) is 0 Å². The lowest BCUT2D eigenvalue weighted by Crippen LogP contribution is -2.30. The first-order valence-corrected chi connectivity index (χ1v) is 8.69. The molecular weight excluding hydrogens is 302 g/mol. The summed E-state index contributed by atoms with van der Waals surface area (Å²) in [6.07, 6.45) is 2.16. The van der Waals surface area contributed by atoms with Crippen molar-refractivity contribution in [2.45, 2.75) is 13.8 Å². The smallest absolute Gasteiger partial charge is 0.200 e. The third-order valence-corrected chi connectivity index (χ3v) is 4.89. The SMILES string of the molecule is Cc1ccc2c(-c3cc(-c4ccccc4)ccc3C)[n+](C)ccc2c1. The van der Waals surface area contributed by atoms with Gasteiger partial charge in [-0.25, -0.2) is 4.57 Å². The van der Waals surface area contributed by atoms with E-state index in [-0.39, 0.29) is 0 Å². The highest BCUT2D eigenvalue weighted by atomic mass is 14.9. The van der Waals surface area contributed by atoms with Crippen LogP contribution in [0.1, 0.15) is 11.1 Å². The van der Waals surface area contributed by atoms with Crippen LogP contribution < -0.4 is 4.57 Å². The van der Waals surface area contributed by atoms with Crippen molar-refractivity contribution in [1.29, 1.82) is 0 Å². The Morgan fingerprint density at radius 3 is 2.32 bits per heavy atom. The van der Waals surface area contributed by atoms with E-state index in [2.05, 4.69) is 104 Å². The summed E-state index contributed by atoms with van der Waals surface area (Å²) < 4.78 is 2.23. The number of hydrogen-bond donors (Lipinski definition) is 0. The second-order valence-corrected chi connectivity index (χ2v) is 6.76. The van der Waals surface area contributed by atoms with Crippen LogP contribution in [0.2, 0.25) is 0 Å². The standard InChI is InChI=1S/C24H22N/c1-17-9-12-22-21(15-17)13-14-25(3)24(22)23-16-20(11-10-18(23)2)19-7-5-4-6-8-19/h4-16H,1-3H3/q+1. The molecule has 122 valence electrons. The van der Waals surface area contributed by atoms with E-state index in [0.29, 0.717) is 0 Å². The zero-order valence-corrected chi connectivity index (χ0v) is 15.0. The summed E-state index contributed by atoms with van der Waals surface area (Å²) in [6, 6.07) is 26.2. The highest BCUT2D eigenvalue weighted by Crippen LogP contribution is 2.31. The van der Waals surface area contributed by atoms with Gasteiger partial charge in [0.25, 0.3) is 0 Å². The van der Waals surface area contributed by atoms with Crippen LogP contribution in [0, 0.1) is 13.8 Å². The molecule has 0 aliphatic heterocycles. The highest BCUT2D eigenvalue weighted by molar-refractivity contribution is 5.94. The summed E-state index contributed by atoms with van der Waals surface area (Å²) in [5.41, 5.74) is 7.66. The second-order valence-electron chi connectivity index (χ2n) is 6.76. The molecule has 4 rings (SSSR count). The molecule has 25 heavy (non-hydrogen) atoms. The minimum Gasteiger partial charge on any atom is -0.200 e. The van der Waals surface area contributed by atoms with Gasteiger partial charge in [-0.2, -0.15) is 0 Å². The maximum atomic E-state index is 2.32. The van der Waals surface area contributed by atoms with Crippen LogP contribution in [-0.2, 0) is 7.05 Å². The summed E-state index contributed by atoms with van der Waals surface area (Å²) in [5.74, 6) is 0. The van der Waals surface area contributed by atoms with Crippen molar-refractivity contribution in [3.8, 4) is 22.4 Å². The molecule has 0 aliphatic carbocycles. The minimum atomic E-state index is 1.25. The number of fused-ring (bicyclic) bond motifs is 1. The van der Waals surface area contributed by atoms with Gasteiger partial charge in [-0.3, -0.25) is 0 Å². The van der Waals surface area contributed by atoms with E-state index in [4.69, 9.17) is 0 Å². The third-order valence-electron chi connectivity index (χ3n) is 4.89. The van der Waals surface area contributed by atoms with Crippen LogP contribution in [0.4, 0.5) is 0 Å². The van der Waals surface area contributed by atoms with Crippen LogP contribution in [0.5, 0.6) is 0 Å². The van der Waals surface area contributed by atoms with Crippen LogP contribution in [0.25, 0.3) is 33.2 Å². The molecular formula is C24H22N+. The molecule has 0 saturated heterocycles. The predicted octanol–water partition coefficient (Wildman–Crippen LogP) is 5.62. The number of hydrogen-bond acceptors (Lipinski definition) is 0. The van der Waals surface area contributed by atoms with E-state index in [1.54, 1.807) is 0 Å². The van der Waals surface area contributed by atoms with E-state index in [1.807, 2.05) is 0 Å². The van der Waals surface area contributed by atoms with Crippen molar-refractivity contribution in [1.82, 2.24) is 0 Å². The zero-order valence-electron chi connectivity index (χ0n) is 15.0. The van der Waals surface area contributed by atoms with E-state index in [9.17, 15) is 0 Å². The fourth-order valence-electron chi connectivity index (χ4n) is 3.51. The number of aryl methyl sites for hydroxylation is 3. The summed E-state index contributed by atoms with van der Waals surface area (Å²) in [4.78, 5) is 0. The first kappa shape index (κ1) is 15.6. The Morgan fingerprint density at radius 2 is 1.52 bits per heavy atom. The lowest BCUT2D eigenvalue weighted by molar-refractivity contribution is -0.659. The number of pyridine rings is 1. The molecule has 1 heterocycles. The van der Waals surface area contributed by atoms with Gasteiger partial charge in [-0.1, -0.05) is 60.2 Å². The quantitative estimate of drug-likeness (QED) is 0.422. The molecule has 0 spiro atoms. The molecule has 0 radical (unpaired) electrons. The molecule has 0 unspecified atom stereocenters. The Balaban J connectivity index is 1.99. The topological polar surface area (TPSA) is 3.88 Å². The molecule has 0 atom stereocenters. The average Bonchev–Trinajstić information content (AvgIpc) is 2.63. The summed E-state index contributed by atoms with van der Waals surface area (Å²) in [5, 5.41) is 2.58. The van der Waals surface area contributed by atoms with Gasteiger partial charge >= 0.3 is 0 Å². The predicted molar refractivity (Wildman–Crippen MR) is 105 cm³/mol. The summed E-state index contributed by atoms with van der Waals surface area (Å²) in [7, 11) is 2.13. The Labute approximate surface area is 149 Å². The van der Waals surface area contributed by atoms with E-state index < -0.39 is 0 Å². The Hall–Kier alpha value is -2.93. The van der Waals surface area contributed by atoms with E-state index >= 15 is 0 Å². The lowest BCUT2D eigenvalue weighted by Gasteiger charge is -2.11. The molecule has 0 fully saturated rings. The normalized spacial score (nSPS) is 11.0. The summed E-state index contributed by atoms with van der Waals surface area (Å²) in [6.45, 7) is 4.34. The highest BCUT2D eigenvalue weighted by Gasteiger charge is 2.17. The van der Waals surface area contributed by atoms with Gasteiger partial charge in [0.05, 0.1) is 10.9 Å². The molecule has 0 aliphatic rings. The Bertz CT molecular complexity index is 1060. The fourth-order valence-corrected chi connectivity index (χ4v) is 3.51. The van der Waals surface area contributed by atoms with Gasteiger partial charge in [0.15, 0.2) is 6.20 Å². The summed E-state index contributed by atoms with van der Waals surface area (Å²) >= 11 is 0. The molecule has 4 aromatic rings. The maximum absolute atomic E-state index is 2.32. The molecule has 1 aromatic heterocycles. The monoisotopic (exact) mass is 324 g/mol. The molecule has 1 nitrogen and oxygen atoms in total. The molecule has 0 bridgehead atoms. The molecule has 0 saturated carbocycles. The largest absolute Gasteiger partial charge is 0.220 e. The Morgan fingerprint density at radius 1 is 0.720 bits per heavy atom. The second kappa shape index (κ2) is 6.18. The number of rotatable bonds is 2. The molecule has 0 amide bonds. The van der Waals surface area contributed by atoms with Crippen molar-refractivity contribution in [3.05, 3.63) is 90.1 Å². The van der Waals surface area contributed by atoms with Crippen molar-refractivity contribution >= 4 is 10.8 Å². The van der Waals surface area contributed by atoms with Gasteiger partial charge in [-0.05, 0) is 48.1 Å². The van der Waals surface area contributed by atoms with Crippen LogP contribution in [0.3, 0.4) is 0 Å². The Kier molecular flexibility index (Phi) is 3.85. The van der Waals surface area contributed by atoms with Crippen molar-refractivity contribution in [3.63, 3.8) is 0 Å². The first-order valence-electron chi connectivity index (χ1n) is 8.69. The van der Waals surface area contributed by atoms with E-state index in [1.165, 1.54) is 44.3 Å². The third kappa shape index (κ3) is 2.83. The van der Waals surface area contributed by atoms with Crippen LogP contribution >= 0.6 is 0 Å². The lowest BCUT2D eigenvalue weighted by atomic mass is 9.95. The molecule has 0 N–H and O–H groups in total. The van der Waals surface area contributed by atoms with Gasteiger partial charge in [0, 0.05) is 6.07 Å². The molecule has 3 aromatic carbocycles. The number of benzene rings is 3. The first-order chi connectivity index (χ1) is 12.1. The fraction of sp³-hybridized carbons (Fsp3) is 0.125. The van der Waals surface area contributed by atoms with Crippen LogP contribution in [-0.4, -0.2) is 0 Å². The van der Waals surface area contributed by atoms with Crippen molar-refractivity contribution < 1.29 is 4.57 Å². The van der Waals surface area contributed by atoms with Crippen molar-refractivity contribution in [2.75, 3.05) is 0 Å². The average molecular weight is 324 g/mol. The minimum absolute atomic E-state index is 1.25. The van der Waals surface area contributed by atoms with Crippen molar-refractivity contribution in [2.24, 2.45) is 7.05 Å². The zero-order chi connectivity index (χ0) is 17.4. The van der Waals surface area contributed by atoms with Crippen LogP contribution in [0.15, 0.2) is 79.0 Å². The molecule has 1 heteroatoms. The van der Waals surface area contributed by atoms with Gasteiger partial charge in [-0.15, -0.1) is 0 Å². The maximum Gasteiger partial charge on any atom is 0.220 e. The number of nitrogens with zero attached hydrogens (tertiary/aromatic N) is 1. The van der Waals surface area contributed by atoms with Gasteiger partial charge < -0.3 is 0 Å². The van der Waals surface area contributed by atoms with Gasteiger partial charge in [0.1, 0.15) is 7.05 Å². The van der Waals surface area contributed by atoms with Gasteiger partial charge in [0.2, 0.25) is 5.69 Å². The number of aromatic nitrogens is 1.